The molecular weight excluding hydrogens is 1120 g/mol. The molecule has 12 aromatic rings. The molecule has 0 aliphatic carbocycles. The second kappa shape index (κ2) is 21.2. The highest BCUT2D eigenvalue weighted by Gasteiger charge is 2.37. The van der Waals surface area contributed by atoms with Gasteiger partial charge in [0.05, 0.1) is 138 Å². The van der Waals surface area contributed by atoms with Gasteiger partial charge in [0.1, 0.15) is 11.6 Å². The number of hydrogen-bond donors (Lipinski definition) is 0. The van der Waals surface area contributed by atoms with Crippen LogP contribution in [0.5, 0.6) is 0 Å². The minimum Gasteiger partial charge on any atom is -0.308 e. The summed E-state index contributed by atoms with van der Waals surface area (Å²) in [5.41, 5.74) is 3.02. The largest absolute Gasteiger partial charge is 0.416 e. The zero-order valence-corrected chi connectivity index (χ0v) is 44.9. The Morgan fingerprint density at radius 3 is 0.682 bits per heavy atom. The van der Waals surface area contributed by atoms with E-state index in [1.807, 2.05) is 0 Å². The summed E-state index contributed by atoms with van der Waals surface area (Å²) in [7, 11) is 0. The van der Waals surface area contributed by atoms with Crippen LogP contribution in [0, 0.1) is 102 Å². The van der Waals surface area contributed by atoms with E-state index in [0.29, 0.717) is 100 Å². The SMILES string of the molecule is N#Cc1cc(C#N)cc(-c2ccc3c(c2)c2cc(-c4cc(C#N)cc(C#N)c4)ccc2n3-c2cc(-c3cc(C(F)(F)F)cc(C(F)(F)F)c3)cc(-n3c4ccc(-c5cc(C#N)cc(C#N)c5)cc4c4cc(-c5cc(C#N)cc(C#N)c5)ccc43)c2C#N)c1. The number of aromatic nitrogens is 2. The lowest BCUT2D eigenvalue weighted by molar-refractivity contribution is -0.143. The molecule has 0 saturated heterocycles. The molecule has 0 amide bonds. The first-order chi connectivity index (χ1) is 42.4. The van der Waals surface area contributed by atoms with E-state index in [4.69, 9.17) is 0 Å². The molecule has 2 heterocycles. The van der Waals surface area contributed by atoms with Gasteiger partial charge in [-0.05, 0) is 207 Å². The molecule has 17 heteroatoms. The molecule has 2 aromatic heterocycles. The van der Waals surface area contributed by atoms with E-state index in [2.05, 4.69) is 54.6 Å². The molecule has 0 unspecified atom stereocenters. The third-order valence-electron chi connectivity index (χ3n) is 15.2. The van der Waals surface area contributed by atoms with Gasteiger partial charge in [-0.3, -0.25) is 0 Å². The monoisotopic (exact) mass is 1150 g/mol. The topological polar surface area (TPSA) is 224 Å². The molecule has 0 spiro atoms. The Bertz CT molecular complexity index is 4780. The summed E-state index contributed by atoms with van der Waals surface area (Å²) in [6.45, 7) is 0. The first-order valence-electron chi connectivity index (χ1n) is 26.3. The number of halogens is 6. The average Bonchev–Trinajstić information content (AvgIpc) is 1.58. The standard InChI is InChI=1S/C71H29F6N11/c72-70(73,74)57-21-55(22-58(29-57)71(75,76)77)56-27-68(87-64-5-1-47(51-13-39(30-78)9-40(14-51)31-79)23-59(64)60-24-48(2-6-65(60)87)52-15-41(32-80)10-42(16-52)33-81)63(38-86)69(28-56)88-66-7-3-49(53-17-43(34-82)11-44(18-53)35-83)25-61(66)62-26-50(4-8-67(62)88)54-19-45(36-84)12-46(20-54)37-85/h1-29H. The molecule has 11 nitrogen and oxygen atoms in total. The number of alkyl halides is 6. The van der Waals surface area contributed by atoms with Crippen LogP contribution < -0.4 is 0 Å². The first-order valence-corrected chi connectivity index (χ1v) is 26.3. The van der Waals surface area contributed by atoms with Crippen LogP contribution in [-0.2, 0) is 12.4 Å². The van der Waals surface area contributed by atoms with Crippen molar-refractivity contribution in [3.8, 4) is 122 Å². The van der Waals surface area contributed by atoms with Crippen molar-refractivity contribution in [3.05, 3.63) is 237 Å². The van der Waals surface area contributed by atoms with E-state index >= 15 is 0 Å². The molecule has 88 heavy (non-hydrogen) atoms. The summed E-state index contributed by atoms with van der Waals surface area (Å²) in [5, 5.41) is 93.5. The number of rotatable bonds is 7. The summed E-state index contributed by atoms with van der Waals surface area (Å²) in [5.74, 6) is 0. The van der Waals surface area contributed by atoms with E-state index in [1.54, 1.807) is 130 Å². The lowest BCUT2D eigenvalue weighted by Crippen LogP contribution is -2.11. The van der Waals surface area contributed by atoms with E-state index < -0.39 is 29.0 Å². The van der Waals surface area contributed by atoms with Crippen LogP contribution in [-0.4, -0.2) is 9.13 Å². The number of nitrogens with zero attached hydrogens (tertiary/aromatic N) is 11. The highest BCUT2D eigenvalue weighted by atomic mass is 19.4. The molecule has 0 saturated carbocycles. The Hall–Kier alpha value is -13.2. The van der Waals surface area contributed by atoms with E-state index in [0.717, 1.165) is 0 Å². The molecule has 0 bridgehead atoms. The van der Waals surface area contributed by atoms with Crippen molar-refractivity contribution in [1.29, 1.82) is 47.4 Å². The summed E-state index contributed by atoms with van der Waals surface area (Å²) < 4.78 is 92.7. The Kier molecular flexibility index (Phi) is 13.3. The van der Waals surface area contributed by atoms with E-state index in [-0.39, 0.29) is 73.1 Å². The van der Waals surface area contributed by atoms with Gasteiger partial charge in [0.2, 0.25) is 0 Å². The number of fused-ring (bicyclic) bond motifs is 6. The highest BCUT2D eigenvalue weighted by molar-refractivity contribution is 6.14. The van der Waals surface area contributed by atoms with Gasteiger partial charge >= 0.3 is 12.4 Å². The van der Waals surface area contributed by atoms with Crippen molar-refractivity contribution < 1.29 is 26.3 Å². The normalized spacial score (nSPS) is 11.2. The van der Waals surface area contributed by atoms with Crippen molar-refractivity contribution in [2.75, 3.05) is 0 Å². The molecule has 10 aromatic carbocycles. The van der Waals surface area contributed by atoms with Gasteiger partial charge in [-0.2, -0.15) is 73.7 Å². The van der Waals surface area contributed by atoms with Crippen LogP contribution in [0.1, 0.15) is 61.2 Å². The van der Waals surface area contributed by atoms with Gasteiger partial charge in [-0.15, -0.1) is 0 Å². The van der Waals surface area contributed by atoms with Gasteiger partial charge in [-0.1, -0.05) is 24.3 Å². The quantitative estimate of drug-likeness (QED) is 0.138. The van der Waals surface area contributed by atoms with E-state index in [9.17, 15) is 73.7 Å². The Morgan fingerprint density at radius 1 is 0.239 bits per heavy atom. The fourth-order valence-electron chi connectivity index (χ4n) is 11.3. The third-order valence-corrected chi connectivity index (χ3v) is 15.2. The molecule has 0 N–H and O–H groups in total. The fourth-order valence-corrected chi connectivity index (χ4v) is 11.3. The summed E-state index contributed by atoms with van der Waals surface area (Å²) >= 11 is 0. The predicted molar refractivity (Wildman–Crippen MR) is 315 cm³/mol. The van der Waals surface area contributed by atoms with Crippen molar-refractivity contribution in [2.45, 2.75) is 12.4 Å². The number of nitriles is 9. The van der Waals surface area contributed by atoms with Crippen LogP contribution in [0.3, 0.4) is 0 Å². The summed E-state index contributed by atoms with van der Waals surface area (Å²) in [4.78, 5) is 0. The predicted octanol–water partition coefficient (Wildman–Crippen LogP) is 17.1. The van der Waals surface area contributed by atoms with Crippen LogP contribution >= 0.6 is 0 Å². The number of benzene rings is 10. The summed E-state index contributed by atoms with van der Waals surface area (Å²) in [6, 6.07) is 62.0. The fraction of sp³-hybridized carbons (Fsp3) is 0.0282. The van der Waals surface area contributed by atoms with Crippen LogP contribution in [0.4, 0.5) is 26.3 Å². The second-order valence-electron chi connectivity index (χ2n) is 20.5. The van der Waals surface area contributed by atoms with Gasteiger partial charge in [0.25, 0.3) is 0 Å². The van der Waals surface area contributed by atoms with Gasteiger partial charge < -0.3 is 9.13 Å². The van der Waals surface area contributed by atoms with Gasteiger partial charge in [-0.25, -0.2) is 0 Å². The van der Waals surface area contributed by atoms with Crippen LogP contribution in [0.2, 0.25) is 0 Å². The molecule has 0 aliphatic rings. The maximum absolute atomic E-state index is 14.9. The van der Waals surface area contributed by atoms with Crippen molar-refractivity contribution in [3.63, 3.8) is 0 Å². The van der Waals surface area contributed by atoms with E-state index in [1.165, 1.54) is 36.4 Å². The molecule has 0 radical (unpaired) electrons. The third kappa shape index (κ3) is 9.69. The van der Waals surface area contributed by atoms with Crippen LogP contribution in [0.25, 0.3) is 111 Å². The van der Waals surface area contributed by atoms with Gasteiger partial charge in [0.15, 0.2) is 0 Å². The smallest absolute Gasteiger partial charge is 0.308 e. The molecular formula is C71H29F6N11. The molecule has 0 aliphatic heterocycles. The van der Waals surface area contributed by atoms with Crippen molar-refractivity contribution >= 4 is 43.6 Å². The lowest BCUT2D eigenvalue weighted by atomic mass is 9.96. The Labute approximate surface area is 495 Å². The minimum atomic E-state index is -5.26. The maximum Gasteiger partial charge on any atom is 0.416 e. The lowest BCUT2D eigenvalue weighted by Gasteiger charge is -2.20. The van der Waals surface area contributed by atoms with Gasteiger partial charge in [0, 0.05) is 21.5 Å². The minimum absolute atomic E-state index is 0.00379. The van der Waals surface area contributed by atoms with Crippen LogP contribution in [0.15, 0.2) is 176 Å². The zero-order chi connectivity index (χ0) is 61.9. The first kappa shape index (κ1) is 55.3. The second-order valence-corrected chi connectivity index (χ2v) is 20.5. The Balaban J connectivity index is 1.23. The maximum atomic E-state index is 14.9. The average molecular weight is 1150 g/mol. The molecule has 410 valence electrons. The number of hydrogen-bond acceptors (Lipinski definition) is 9. The highest BCUT2D eigenvalue weighted by Crippen LogP contribution is 2.46. The van der Waals surface area contributed by atoms with Crippen molar-refractivity contribution in [1.82, 2.24) is 9.13 Å². The molecule has 0 atom stereocenters. The molecule has 0 fully saturated rings. The van der Waals surface area contributed by atoms with Crippen molar-refractivity contribution in [2.24, 2.45) is 0 Å². The Morgan fingerprint density at radius 2 is 0.466 bits per heavy atom. The summed E-state index contributed by atoms with van der Waals surface area (Å²) in [6.07, 6.45) is -10.5. The zero-order valence-electron chi connectivity index (χ0n) is 44.9. The molecule has 12 rings (SSSR count).